The summed E-state index contributed by atoms with van der Waals surface area (Å²) in [6.07, 6.45) is 26.1. The Hall–Kier alpha value is -0.0400. The van der Waals surface area contributed by atoms with Crippen LogP contribution in [0, 0.1) is 5.92 Å². The Balaban J connectivity index is 3.55. The van der Waals surface area contributed by atoms with Crippen LogP contribution in [0.15, 0.2) is 0 Å². The third-order valence-electron chi connectivity index (χ3n) is 5.56. The molecule has 0 N–H and O–H groups in total. The predicted molar refractivity (Wildman–Crippen MR) is 116 cm³/mol. The van der Waals surface area contributed by atoms with Gasteiger partial charge in [-0.05, 0) is 32.9 Å². The summed E-state index contributed by atoms with van der Waals surface area (Å²) in [5.41, 5.74) is 0. The molecule has 1 atom stereocenters. The Labute approximate surface area is 161 Å². The zero-order valence-corrected chi connectivity index (χ0v) is 18.5. The maximum absolute atomic E-state index is 2.40. The minimum absolute atomic E-state index is 0.940. The minimum Gasteiger partial charge on any atom is -0.309 e. The van der Waals surface area contributed by atoms with E-state index >= 15 is 0 Å². The van der Waals surface area contributed by atoms with E-state index in [1.165, 1.54) is 122 Å². The summed E-state index contributed by atoms with van der Waals surface area (Å²) >= 11 is 0. The summed E-state index contributed by atoms with van der Waals surface area (Å²) in [5.74, 6) is 0.940. The van der Waals surface area contributed by atoms with E-state index in [1.54, 1.807) is 0 Å². The highest BCUT2D eigenvalue weighted by Gasteiger charge is 2.09. The van der Waals surface area contributed by atoms with Crippen LogP contribution in [0.25, 0.3) is 0 Å². The first kappa shape index (κ1) is 25.0. The van der Waals surface area contributed by atoms with Gasteiger partial charge in [-0.2, -0.15) is 0 Å². The van der Waals surface area contributed by atoms with E-state index < -0.39 is 0 Å². The van der Waals surface area contributed by atoms with E-state index in [1.807, 2.05) is 0 Å². The van der Waals surface area contributed by atoms with Crippen LogP contribution in [0.2, 0.25) is 0 Å². The smallest absolute Gasteiger partial charge is 0.000356 e. The van der Waals surface area contributed by atoms with Crippen molar-refractivity contribution < 1.29 is 0 Å². The highest BCUT2D eigenvalue weighted by Crippen LogP contribution is 2.20. The second kappa shape index (κ2) is 20.3. The summed E-state index contributed by atoms with van der Waals surface area (Å²) in [6, 6.07) is 0. The molecule has 0 fully saturated rings. The van der Waals surface area contributed by atoms with Gasteiger partial charge in [0.2, 0.25) is 0 Å². The van der Waals surface area contributed by atoms with Crippen molar-refractivity contribution in [3.05, 3.63) is 0 Å². The molecule has 0 saturated heterocycles. The third kappa shape index (κ3) is 20.1. The van der Waals surface area contributed by atoms with Crippen LogP contribution in [-0.4, -0.2) is 25.5 Å². The largest absolute Gasteiger partial charge is 0.309 e. The van der Waals surface area contributed by atoms with E-state index in [4.69, 9.17) is 0 Å². The Morgan fingerprint density at radius 3 is 1.12 bits per heavy atom. The van der Waals surface area contributed by atoms with E-state index in [9.17, 15) is 0 Å². The average Bonchev–Trinajstić information content (AvgIpc) is 2.58. The first-order chi connectivity index (χ1) is 12.2. The normalized spacial score (nSPS) is 12.8. The van der Waals surface area contributed by atoms with Gasteiger partial charge in [0.05, 0.1) is 0 Å². The molecule has 0 aliphatic heterocycles. The van der Waals surface area contributed by atoms with Crippen LogP contribution in [0.1, 0.15) is 129 Å². The van der Waals surface area contributed by atoms with Gasteiger partial charge in [-0.15, -0.1) is 0 Å². The quantitative estimate of drug-likeness (QED) is 0.199. The van der Waals surface area contributed by atoms with Crippen LogP contribution in [-0.2, 0) is 0 Å². The van der Waals surface area contributed by atoms with Crippen molar-refractivity contribution >= 4 is 0 Å². The first-order valence-electron chi connectivity index (χ1n) is 11.8. The summed E-state index contributed by atoms with van der Waals surface area (Å²) < 4.78 is 0. The second-order valence-corrected chi connectivity index (χ2v) is 8.66. The molecule has 0 saturated carbocycles. The highest BCUT2D eigenvalue weighted by molar-refractivity contribution is 4.63. The lowest BCUT2D eigenvalue weighted by Crippen LogP contribution is -2.21. The number of hydrogen-bond donors (Lipinski definition) is 0. The van der Waals surface area contributed by atoms with Crippen LogP contribution < -0.4 is 0 Å². The Morgan fingerprint density at radius 1 is 0.480 bits per heavy atom. The molecule has 1 nitrogen and oxygen atoms in total. The van der Waals surface area contributed by atoms with Crippen LogP contribution in [0.3, 0.4) is 0 Å². The van der Waals surface area contributed by atoms with Crippen molar-refractivity contribution in [1.29, 1.82) is 0 Å². The van der Waals surface area contributed by atoms with Gasteiger partial charge in [0.25, 0.3) is 0 Å². The molecule has 0 aliphatic rings. The monoisotopic (exact) mass is 353 g/mol. The van der Waals surface area contributed by atoms with Crippen LogP contribution in [0.5, 0.6) is 0 Å². The predicted octanol–water partition coefficient (Wildman–Crippen LogP) is 8.23. The van der Waals surface area contributed by atoms with E-state index in [2.05, 4.69) is 32.8 Å². The van der Waals surface area contributed by atoms with Crippen molar-refractivity contribution in [2.24, 2.45) is 5.92 Å². The van der Waals surface area contributed by atoms with Crippen molar-refractivity contribution in [3.8, 4) is 0 Å². The number of rotatable bonds is 20. The molecule has 0 amide bonds. The lowest BCUT2D eigenvalue weighted by molar-refractivity contribution is 0.286. The minimum atomic E-state index is 0.940. The molecular weight excluding hydrogens is 302 g/mol. The number of hydrogen-bond acceptors (Lipinski definition) is 1. The van der Waals surface area contributed by atoms with Crippen molar-refractivity contribution in [2.45, 2.75) is 129 Å². The fraction of sp³-hybridized carbons (Fsp3) is 1.00. The molecule has 0 aromatic rings. The Kier molecular flexibility index (Phi) is 20.2. The lowest BCUT2D eigenvalue weighted by atomic mass is 9.93. The van der Waals surface area contributed by atoms with Gasteiger partial charge in [0.1, 0.15) is 0 Å². The highest BCUT2D eigenvalue weighted by atomic mass is 15.1. The molecule has 0 aromatic heterocycles. The number of unbranched alkanes of at least 4 members (excludes halogenated alkanes) is 14. The maximum atomic E-state index is 2.40. The SMILES string of the molecule is CCCCCCCCCCCCC(CCCCCCCC)CN(C)C. The van der Waals surface area contributed by atoms with Gasteiger partial charge >= 0.3 is 0 Å². The molecule has 0 radical (unpaired) electrons. The standard InChI is InChI=1S/C24H51N/c1-5-7-9-11-13-14-15-16-18-20-22-24(23-25(3)4)21-19-17-12-10-8-6-2/h24H,5-23H2,1-4H3. The van der Waals surface area contributed by atoms with Gasteiger partial charge in [0.15, 0.2) is 0 Å². The maximum Gasteiger partial charge on any atom is 0.000356 e. The molecule has 0 aromatic carbocycles. The molecule has 25 heavy (non-hydrogen) atoms. The van der Waals surface area contributed by atoms with E-state index in [-0.39, 0.29) is 0 Å². The molecule has 0 rings (SSSR count). The zero-order valence-electron chi connectivity index (χ0n) is 18.5. The Morgan fingerprint density at radius 2 is 0.800 bits per heavy atom. The van der Waals surface area contributed by atoms with Gasteiger partial charge in [-0.1, -0.05) is 117 Å². The second-order valence-electron chi connectivity index (χ2n) is 8.66. The summed E-state index contributed by atoms with van der Waals surface area (Å²) in [5, 5.41) is 0. The number of nitrogens with zero attached hydrogens (tertiary/aromatic N) is 1. The summed E-state index contributed by atoms with van der Waals surface area (Å²) in [6.45, 7) is 5.90. The van der Waals surface area contributed by atoms with Crippen LogP contribution >= 0.6 is 0 Å². The van der Waals surface area contributed by atoms with Gasteiger partial charge < -0.3 is 4.90 Å². The zero-order chi connectivity index (χ0) is 18.6. The van der Waals surface area contributed by atoms with Crippen molar-refractivity contribution in [2.75, 3.05) is 20.6 Å². The fourth-order valence-electron chi connectivity index (χ4n) is 3.98. The molecule has 0 heterocycles. The first-order valence-corrected chi connectivity index (χ1v) is 11.8. The van der Waals surface area contributed by atoms with E-state index in [0.717, 1.165) is 5.92 Å². The molecule has 152 valence electrons. The molecule has 1 unspecified atom stereocenters. The van der Waals surface area contributed by atoms with Gasteiger partial charge in [-0.25, -0.2) is 0 Å². The topological polar surface area (TPSA) is 3.24 Å². The lowest BCUT2D eigenvalue weighted by Gasteiger charge is -2.21. The molecular formula is C24H51N. The van der Waals surface area contributed by atoms with Gasteiger partial charge in [0, 0.05) is 6.54 Å². The van der Waals surface area contributed by atoms with E-state index in [0.29, 0.717) is 0 Å². The average molecular weight is 354 g/mol. The van der Waals surface area contributed by atoms with Gasteiger partial charge in [-0.3, -0.25) is 0 Å². The summed E-state index contributed by atoms with van der Waals surface area (Å²) in [7, 11) is 4.49. The fourth-order valence-corrected chi connectivity index (χ4v) is 3.98. The molecule has 0 aliphatic carbocycles. The summed E-state index contributed by atoms with van der Waals surface area (Å²) in [4.78, 5) is 2.40. The van der Waals surface area contributed by atoms with Crippen LogP contribution in [0.4, 0.5) is 0 Å². The molecule has 1 heteroatoms. The molecule has 0 spiro atoms. The van der Waals surface area contributed by atoms with Crippen molar-refractivity contribution in [3.63, 3.8) is 0 Å². The Bertz CT molecular complexity index is 236. The van der Waals surface area contributed by atoms with Crippen molar-refractivity contribution in [1.82, 2.24) is 4.90 Å². The third-order valence-corrected chi connectivity index (χ3v) is 5.56. The molecule has 0 bridgehead atoms.